The van der Waals surface area contributed by atoms with Crippen LogP contribution in [0.4, 0.5) is 5.82 Å². The van der Waals surface area contributed by atoms with Gasteiger partial charge >= 0.3 is 0 Å². The highest BCUT2D eigenvalue weighted by molar-refractivity contribution is 5.81. The van der Waals surface area contributed by atoms with E-state index in [9.17, 15) is 0 Å². The Kier molecular flexibility index (Phi) is 3.24. The van der Waals surface area contributed by atoms with E-state index in [1.54, 1.807) is 6.20 Å². The van der Waals surface area contributed by atoms with Crippen LogP contribution in [0.1, 0.15) is 0 Å². The summed E-state index contributed by atoms with van der Waals surface area (Å²) < 4.78 is 5.89. The van der Waals surface area contributed by atoms with Gasteiger partial charge in [0.2, 0.25) is 5.89 Å². The topological polar surface area (TPSA) is 63.8 Å². The molecule has 5 nitrogen and oxygen atoms in total. The number of para-hydroxylation sites is 2. The molecule has 0 amide bonds. The van der Waals surface area contributed by atoms with Crippen LogP contribution in [0.5, 0.6) is 0 Å². The first kappa shape index (κ1) is 13.5. The highest BCUT2D eigenvalue weighted by atomic mass is 16.4. The minimum absolute atomic E-state index is 0.450. The van der Waals surface area contributed by atoms with Crippen LogP contribution in [0.15, 0.2) is 65.2 Å². The van der Waals surface area contributed by atoms with Crippen LogP contribution in [0, 0.1) is 0 Å². The summed E-state index contributed by atoms with van der Waals surface area (Å²) in [5.74, 6) is 1.80. The number of anilines is 1. The summed E-state index contributed by atoms with van der Waals surface area (Å²) in [4.78, 5) is 13.6. The van der Waals surface area contributed by atoms with Crippen molar-refractivity contribution in [1.82, 2.24) is 15.0 Å². The second kappa shape index (κ2) is 5.53. The van der Waals surface area contributed by atoms with Gasteiger partial charge in [-0.05, 0) is 12.1 Å². The maximum Gasteiger partial charge on any atom is 0.249 e. The third-order valence-electron chi connectivity index (χ3n) is 3.57. The number of nitrogens with one attached hydrogen (secondary N) is 1. The van der Waals surface area contributed by atoms with E-state index in [-0.39, 0.29) is 0 Å². The number of benzene rings is 2. The van der Waals surface area contributed by atoms with Gasteiger partial charge in [-0.15, -0.1) is 0 Å². The van der Waals surface area contributed by atoms with Gasteiger partial charge in [-0.2, -0.15) is 0 Å². The number of oxazole rings is 1. The van der Waals surface area contributed by atoms with Gasteiger partial charge in [-0.25, -0.2) is 15.0 Å². The molecule has 2 aromatic heterocycles. The molecule has 0 aliphatic heterocycles. The molecule has 1 N–H and O–H groups in total. The third-order valence-corrected chi connectivity index (χ3v) is 3.57. The quantitative estimate of drug-likeness (QED) is 0.620. The number of aromatic nitrogens is 3. The molecule has 0 aliphatic carbocycles. The number of hydrogen-bond acceptors (Lipinski definition) is 5. The maximum atomic E-state index is 5.89. The second-order valence-electron chi connectivity index (χ2n) is 5.06. The van der Waals surface area contributed by atoms with E-state index >= 15 is 0 Å². The minimum atomic E-state index is 0.450. The van der Waals surface area contributed by atoms with Crippen LogP contribution in [0.25, 0.3) is 33.9 Å². The molecule has 0 aliphatic rings. The first-order chi connectivity index (χ1) is 11.3. The average Bonchev–Trinajstić information content (AvgIpc) is 3.11. The molecule has 0 unspecified atom stereocenters. The summed E-state index contributed by atoms with van der Waals surface area (Å²) in [7, 11) is 1.81. The lowest BCUT2D eigenvalue weighted by Crippen LogP contribution is -1.99. The number of rotatable bonds is 3. The molecular formula is C18H14N4O. The fourth-order valence-corrected chi connectivity index (χ4v) is 2.44. The Morgan fingerprint density at radius 1 is 0.870 bits per heavy atom. The molecule has 2 heterocycles. The van der Waals surface area contributed by atoms with Gasteiger partial charge in [0.1, 0.15) is 0 Å². The van der Waals surface area contributed by atoms with Gasteiger partial charge in [0, 0.05) is 12.6 Å². The molecule has 112 valence electrons. The van der Waals surface area contributed by atoms with Crippen molar-refractivity contribution >= 4 is 16.9 Å². The van der Waals surface area contributed by atoms with Crippen LogP contribution in [-0.2, 0) is 0 Å². The fourth-order valence-electron chi connectivity index (χ4n) is 2.44. The highest BCUT2D eigenvalue weighted by Crippen LogP contribution is 2.29. The van der Waals surface area contributed by atoms with E-state index in [0.717, 1.165) is 16.6 Å². The molecule has 5 heteroatoms. The fraction of sp³-hybridized carbons (Fsp3) is 0.0556. The summed E-state index contributed by atoms with van der Waals surface area (Å²) >= 11 is 0. The highest BCUT2D eigenvalue weighted by Gasteiger charge is 2.16. The van der Waals surface area contributed by atoms with Crippen molar-refractivity contribution in [1.29, 1.82) is 0 Å². The van der Waals surface area contributed by atoms with Gasteiger partial charge in [0.15, 0.2) is 17.3 Å². The molecule has 0 spiro atoms. The molecule has 0 bridgehead atoms. The van der Waals surface area contributed by atoms with Gasteiger partial charge in [-0.1, -0.05) is 42.5 Å². The predicted octanol–water partition coefficient (Wildman–Crippen LogP) is 3.99. The van der Waals surface area contributed by atoms with E-state index in [2.05, 4.69) is 20.3 Å². The minimum Gasteiger partial charge on any atom is -0.435 e. The molecule has 0 fully saturated rings. The van der Waals surface area contributed by atoms with Crippen molar-refractivity contribution in [3.05, 3.63) is 60.8 Å². The van der Waals surface area contributed by atoms with Crippen LogP contribution < -0.4 is 5.32 Å². The normalized spacial score (nSPS) is 10.8. The molecule has 23 heavy (non-hydrogen) atoms. The molecule has 0 atom stereocenters. The molecule has 0 saturated carbocycles. The second-order valence-corrected chi connectivity index (χ2v) is 5.06. The first-order valence-corrected chi connectivity index (χ1v) is 7.31. The Labute approximate surface area is 133 Å². The number of hydrogen-bond donors (Lipinski definition) is 1. The molecular weight excluding hydrogens is 288 g/mol. The number of nitrogens with zero attached hydrogens (tertiary/aromatic N) is 3. The van der Waals surface area contributed by atoms with Crippen LogP contribution in [0.3, 0.4) is 0 Å². The van der Waals surface area contributed by atoms with E-state index in [4.69, 9.17) is 4.42 Å². The molecule has 4 aromatic rings. The van der Waals surface area contributed by atoms with Crippen LogP contribution >= 0.6 is 0 Å². The largest absolute Gasteiger partial charge is 0.435 e. The lowest BCUT2D eigenvalue weighted by atomic mass is 10.2. The van der Waals surface area contributed by atoms with Crippen molar-refractivity contribution < 1.29 is 4.42 Å². The van der Waals surface area contributed by atoms with E-state index in [1.165, 1.54) is 0 Å². The zero-order chi connectivity index (χ0) is 15.6. The zero-order valence-corrected chi connectivity index (χ0v) is 12.5. The standard InChI is InChI=1S/C18H14N4O/c1-19-17-16(21-13-9-5-6-10-14(13)22-17)18-20-11-15(23-18)12-7-3-2-4-8-12/h2-11H,1H3,(H,19,22). The lowest BCUT2D eigenvalue weighted by molar-refractivity contribution is 0.586. The van der Waals surface area contributed by atoms with Crippen molar-refractivity contribution in [3.63, 3.8) is 0 Å². The predicted molar refractivity (Wildman–Crippen MR) is 90.0 cm³/mol. The Hall–Kier alpha value is -3.21. The summed E-state index contributed by atoms with van der Waals surface area (Å²) in [6, 6.07) is 17.6. The Morgan fingerprint density at radius 2 is 1.57 bits per heavy atom. The SMILES string of the molecule is CNc1nc2ccccc2nc1-c1ncc(-c2ccccc2)o1. The monoisotopic (exact) mass is 302 g/mol. The van der Waals surface area contributed by atoms with E-state index in [0.29, 0.717) is 23.2 Å². The van der Waals surface area contributed by atoms with E-state index < -0.39 is 0 Å². The summed E-state index contributed by atoms with van der Waals surface area (Å²) in [6.45, 7) is 0. The number of fused-ring (bicyclic) bond motifs is 1. The molecule has 0 saturated heterocycles. The molecule has 0 radical (unpaired) electrons. The van der Waals surface area contributed by atoms with Gasteiger partial charge in [0.25, 0.3) is 0 Å². The summed E-state index contributed by atoms with van der Waals surface area (Å²) in [5, 5.41) is 3.06. The Bertz CT molecular complexity index is 963. The smallest absolute Gasteiger partial charge is 0.249 e. The molecule has 4 rings (SSSR count). The van der Waals surface area contributed by atoms with Crippen LogP contribution in [-0.4, -0.2) is 22.0 Å². The lowest BCUT2D eigenvalue weighted by Gasteiger charge is -2.06. The Balaban J connectivity index is 1.84. The summed E-state index contributed by atoms with van der Waals surface area (Å²) in [5.41, 5.74) is 3.22. The maximum absolute atomic E-state index is 5.89. The average molecular weight is 302 g/mol. The first-order valence-electron chi connectivity index (χ1n) is 7.31. The van der Waals surface area contributed by atoms with Gasteiger partial charge in [-0.3, -0.25) is 0 Å². The zero-order valence-electron chi connectivity index (χ0n) is 12.5. The van der Waals surface area contributed by atoms with Crippen molar-refractivity contribution in [2.24, 2.45) is 0 Å². The van der Waals surface area contributed by atoms with Gasteiger partial charge < -0.3 is 9.73 Å². The van der Waals surface area contributed by atoms with Crippen molar-refractivity contribution in [3.8, 4) is 22.9 Å². The van der Waals surface area contributed by atoms with E-state index in [1.807, 2.05) is 61.6 Å². The van der Waals surface area contributed by atoms with Crippen molar-refractivity contribution in [2.45, 2.75) is 0 Å². The Morgan fingerprint density at radius 3 is 2.30 bits per heavy atom. The molecule has 2 aromatic carbocycles. The summed E-state index contributed by atoms with van der Waals surface area (Å²) in [6.07, 6.45) is 1.71. The third kappa shape index (κ3) is 2.42. The van der Waals surface area contributed by atoms with Crippen molar-refractivity contribution in [2.75, 3.05) is 12.4 Å². The van der Waals surface area contributed by atoms with Crippen LogP contribution in [0.2, 0.25) is 0 Å². The van der Waals surface area contributed by atoms with Gasteiger partial charge in [0.05, 0.1) is 17.2 Å².